The Morgan fingerprint density at radius 1 is 0.321 bits per heavy atom. The van der Waals surface area contributed by atoms with Crippen molar-refractivity contribution in [1.29, 1.82) is 0 Å². The molecule has 10 aromatic carbocycles. The normalized spacial score (nSPS) is 13.1. The lowest BCUT2D eigenvalue weighted by atomic mass is 9.79. The van der Waals surface area contributed by atoms with Gasteiger partial charge in [-0.05, 0) is 129 Å². The predicted octanol–water partition coefficient (Wildman–Crippen LogP) is 15.6. The van der Waals surface area contributed by atoms with Gasteiger partial charge in [-0.25, -0.2) is 0 Å². The highest BCUT2D eigenvalue weighted by Gasteiger charge is 2.37. The van der Waals surface area contributed by atoms with Gasteiger partial charge in [-0.1, -0.05) is 195 Å². The van der Waals surface area contributed by atoms with E-state index in [2.05, 4.69) is 209 Å². The molecule has 0 aliphatic heterocycles. The fraction of sp³-hybridized carbons (Fsp3) is 0.0714. The maximum Gasteiger partial charge on any atom is 0.0159 e. The minimum absolute atomic E-state index is 0.124. The molecule has 264 valence electrons. The molecule has 10 aromatic rings. The van der Waals surface area contributed by atoms with Crippen molar-refractivity contribution in [3.63, 3.8) is 0 Å². The third-order valence-electron chi connectivity index (χ3n) is 12.5. The predicted molar refractivity (Wildman–Crippen MR) is 241 cm³/mol. The molecule has 11 rings (SSSR count). The Balaban J connectivity index is 1.27. The highest BCUT2D eigenvalue weighted by atomic mass is 14.4. The standard InChI is InChI=1S/C56H40/c1-35-24-29-45-49(32-35)52(41-33-40-17-8-10-20-44(40)48(34-41)37-14-5-4-6-15-37)47-30-31-51-54(46-21-11-12-23-50(46)56(51,2)3)55(47)53(45)39-27-25-38(26-28-39)43-22-13-18-36-16-7-9-19-42(36)43/h4-34H,1-3H3. The first-order valence-corrected chi connectivity index (χ1v) is 19.8. The van der Waals surface area contributed by atoms with Gasteiger partial charge in [-0.2, -0.15) is 0 Å². The van der Waals surface area contributed by atoms with Crippen molar-refractivity contribution in [2.75, 3.05) is 0 Å². The average Bonchev–Trinajstić information content (AvgIpc) is 3.48. The van der Waals surface area contributed by atoms with Crippen LogP contribution in [0.2, 0.25) is 0 Å². The number of benzene rings is 10. The summed E-state index contributed by atoms with van der Waals surface area (Å²) in [6, 6.07) is 70.3. The van der Waals surface area contributed by atoms with E-state index in [0.717, 1.165) is 0 Å². The third-order valence-corrected chi connectivity index (χ3v) is 12.5. The molecule has 0 spiro atoms. The summed E-state index contributed by atoms with van der Waals surface area (Å²) in [6.07, 6.45) is 0. The molecule has 1 aliphatic carbocycles. The molecular formula is C56H40. The summed E-state index contributed by atoms with van der Waals surface area (Å²) in [7, 11) is 0. The molecule has 0 heterocycles. The zero-order chi connectivity index (χ0) is 37.5. The molecule has 0 N–H and O–H groups in total. The SMILES string of the molecule is Cc1ccc2c(-c3ccc(-c4cccc5ccccc45)cc3)c3c4c(ccc3c(-c3cc(-c5ccccc5)c5ccccc5c3)c2c1)C(C)(C)c1ccccc1-4. The van der Waals surface area contributed by atoms with Gasteiger partial charge in [0.1, 0.15) is 0 Å². The topological polar surface area (TPSA) is 0 Å². The molecule has 1 aliphatic rings. The third kappa shape index (κ3) is 4.85. The Labute approximate surface area is 328 Å². The number of aryl methyl sites for hydroxylation is 1. The molecule has 0 aromatic heterocycles. The molecule has 0 unspecified atom stereocenters. The summed E-state index contributed by atoms with van der Waals surface area (Å²) >= 11 is 0. The zero-order valence-corrected chi connectivity index (χ0v) is 31.9. The average molecular weight is 713 g/mol. The molecule has 0 radical (unpaired) electrons. The summed E-state index contributed by atoms with van der Waals surface area (Å²) in [5.74, 6) is 0. The van der Waals surface area contributed by atoms with Gasteiger partial charge in [0.05, 0.1) is 0 Å². The lowest BCUT2D eigenvalue weighted by Crippen LogP contribution is -2.14. The highest BCUT2D eigenvalue weighted by molar-refractivity contribution is 6.26. The summed E-state index contributed by atoms with van der Waals surface area (Å²) in [6.45, 7) is 7.01. The fourth-order valence-electron chi connectivity index (χ4n) is 9.84. The molecule has 0 fully saturated rings. The van der Waals surface area contributed by atoms with Crippen LogP contribution >= 0.6 is 0 Å². The van der Waals surface area contributed by atoms with Crippen molar-refractivity contribution < 1.29 is 0 Å². The van der Waals surface area contributed by atoms with Crippen molar-refractivity contribution in [3.8, 4) is 55.6 Å². The van der Waals surface area contributed by atoms with E-state index in [0.29, 0.717) is 0 Å². The lowest BCUT2D eigenvalue weighted by molar-refractivity contribution is 0.661. The Morgan fingerprint density at radius 2 is 0.946 bits per heavy atom. The second kappa shape index (κ2) is 12.4. The maximum absolute atomic E-state index is 2.44. The van der Waals surface area contributed by atoms with E-state index in [1.54, 1.807) is 0 Å². The molecule has 0 amide bonds. The van der Waals surface area contributed by atoms with E-state index in [1.165, 1.54) is 115 Å². The van der Waals surface area contributed by atoms with Gasteiger partial charge in [0.25, 0.3) is 0 Å². The number of rotatable bonds is 4. The quantitative estimate of drug-likeness (QED) is 0.159. The van der Waals surface area contributed by atoms with Crippen LogP contribution in [0.1, 0.15) is 30.5 Å². The van der Waals surface area contributed by atoms with Crippen molar-refractivity contribution >= 4 is 43.1 Å². The van der Waals surface area contributed by atoms with Crippen molar-refractivity contribution in [1.82, 2.24) is 0 Å². The first-order valence-electron chi connectivity index (χ1n) is 19.8. The molecule has 0 atom stereocenters. The highest BCUT2D eigenvalue weighted by Crippen LogP contribution is 2.56. The Morgan fingerprint density at radius 3 is 1.77 bits per heavy atom. The molecule has 0 saturated carbocycles. The monoisotopic (exact) mass is 712 g/mol. The summed E-state index contributed by atoms with van der Waals surface area (Å²) in [4.78, 5) is 0. The van der Waals surface area contributed by atoms with Gasteiger partial charge >= 0.3 is 0 Å². The first kappa shape index (κ1) is 32.7. The fourth-order valence-corrected chi connectivity index (χ4v) is 9.84. The number of hydrogen-bond donors (Lipinski definition) is 0. The minimum Gasteiger partial charge on any atom is -0.0622 e. The van der Waals surface area contributed by atoms with Crippen LogP contribution in [-0.4, -0.2) is 0 Å². The largest absolute Gasteiger partial charge is 0.0622 e. The van der Waals surface area contributed by atoms with Crippen molar-refractivity contribution in [2.24, 2.45) is 0 Å². The molecule has 0 nitrogen and oxygen atoms in total. The Kier molecular flexibility index (Phi) is 7.22. The van der Waals surface area contributed by atoms with Crippen LogP contribution in [0.25, 0.3) is 98.7 Å². The molecular weight excluding hydrogens is 673 g/mol. The van der Waals surface area contributed by atoms with Crippen molar-refractivity contribution in [2.45, 2.75) is 26.2 Å². The first-order chi connectivity index (χ1) is 27.5. The van der Waals surface area contributed by atoms with E-state index in [9.17, 15) is 0 Å². The summed E-state index contributed by atoms with van der Waals surface area (Å²) in [5.41, 5.74) is 16.7. The second-order valence-electron chi connectivity index (χ2n) is 16.1. The van der Waals surface area contributed by atoms with Crippen LogP contribution in [0.3, 0.4) is 0 Å². The van der Waals surface area contributed by atoms with E-state index in [-0.39, 0.29) is 5.41 Å². The molecule has 0 saturated heterocycles. The van der Waals surface area contributed by atoms with E-state index >= 15 is 0 Å². The van der Waals surface area contributed by atoms with Gasteiger partial charge in [-0.3, -0.25) is 0 Å². The molecule has 0 bridgehead atoms. The van der Waals surface area contributed by atoms with Crippen molar-refractivity contribution in [3.05, 3.63) is 205 Å². The van der Waals surface area contributed by atoms with E-state index in [4.69, 9.17) is 0 Å². The van der Waals surface area contributed by atoms with Crippen LogP contribution < -0.4 is 0 Å². The number of fused-ring (bicyclic) bond motifs is 8. The maximum atomic E-state index is 2.44. The van der Waals surface area contributed by atoms with Crippen LogP contribution in [-0.2, 0) is 5.41 Å². The zero-order valence-electron chi connectivity index (χ0n) is 31.9. The van der Waals surface area contributed by atoms with Gasteiger partial charge in [0.2, 0.25) is 0 Å². The lowest BCUT2D eigenvalue weighted by Gasteiger charge is -2.24. The Bertz CT molecular complexity index is 3190. The molecule has 56 heavy (non-hydrogen) atoms. The van der Waals surface area contributed by atoms with Gasteiger partial charge in [0.15, 0.2) is 0 Å². The summed E-state index contributed by atoms with van der Waals surface area (Å²) < 4.78 is 0. The smallest absolute Gasteiger partial charge is 0.0159 e. The molecule has 0 heteroatoms. The number of hydrogen-bond acceptors (Lipinski definition) is 0. The van der Waals surface area contributed by atoms with Crippen LogP contribution in [0.5, 0.6) is 0 Å². The van der Waals surface area contributed by atoms with Crippen LogP contribution in [0.15, 0.2) is 188 Å². The van der Waals surface area contributed by atoms with Gasteiger partial charge in [-0.15, -0.1) is 0 Å². The van der Waals surface area contributed by atoms with Crippen LogP contribution in [0.4, 0.5) is 0 Å². The minimum atomic E-state index is -0.124. The van der Waals surface area contributed by atoms with Gasteiger partial charge in [0, 0.05) is 5.41 Å². The second-order valence-corrected chi connectivity index (χ2v) is 16.1. The van der Waals surface area contributed by atoms with Crippen LogP contribution in [0, 0.1) is 6.92 Å². The Hall–Kier alpha value is -6.76. The van der Waals surface area contributed by atoms with E-state index < -0.39 is 0 Å². The summed E-state index contributed by atoms with van der Waals surface area (Å²) in [5, 5.41) is 10.2. The van der Waals surface area contributed by atoms with E-state index in [1.807, 2.05) is 0 Å². The van der Waals surface area contributed by atoms with Gasteiger partial charge < -0.3 is 0 Å².